The predicted molar refractivity (Wildman–Crippen MR) is 128 cm³/mol. The number of anilines is 2. The number of carbonyl (C=O) groups excluding carboxylic acids is 2. The highest BCUT2D eigenvalue weighted by atomic mass is 35.5. The predicted octanol–water partition coefficient (Wildman–Crippen LogP) is 5.42. The molecule has 2 aromatic rings. The third-order valence-corrected chi connectivity index (χ3v) is 4.50. The van der Waals surface area contributed by atoms with Crippen LogP contribution in [-0.2, 0) is 9.59 Å². The van der Waals surface area contributed by atoms with Crippen LogP contribution in [0.15, 0.2) is 58.7 Å². The minimum atomic E-state index is -0.682. The number of benzene rings is 2. The highest BCUT2D eigenvalue weighted by Gasteiger charge is 2.34. The van der Waals surface area contributed by atoms with Crippen LogP contribution in [0.25, 0.3) is 0 Å². The van der Waals surface area contributed by atoms with Gasteiger partial charge in [0, 0.05) is 29.4 Å². The maximum absolute atomic E-state index is 12.5. The molecule has 0 amide bonds. The van der Waals surface area contributed by atoms with Crippen LogP contribution in [0.1, 0.15) is 34.6 Å². The Bertz CT molecular complexity index is 919. The number of hydrazone groups is 2. The molecule has 0 atom stereocenters. The van der Waals surface area contributed by atoms with Gasteiger partial charge < -0.3 is 0 Å². The quantitative estimate of drug-likeness (QED) is 0.340. The molecule has 0 radical (unpaired) electrons. The first kappa shape index (κ1) is 24.4. The molecule has 0 aromatic heterocycles. The van der Waals surface area contributed by atoms with Crippen LogP contribution < -0.4 is 10.9 Å². The number of carbonyl (C=O) groups is 2. The molecule has 0 aliphatic rings. The minimum Gasteiger partial charge on any atom is -0.297 e. The fourth-order valence-corrected chi connectivity index (χ4v) is 2.84. The molecule has 0 fully saturated rings. The maximum atomic E-state index is 12.5. The van der Waals surface area contributed by atoms with Crippen LogP contribution >= 0.6 is 23.2 Å². The fraction of sp³-hybridized carbons (Fsp3) is 0.273. The average Bonchev–Trinajstić information content (AvgIpc) is 2.68. The van der Waals surface area contributed by atoms with Gasteiger partial charge in [0.2, 0.25) is 0 Å². The third kappa shape index (κ3) is 7.08. The van der Waals surface area contributed by atoms with Crippen molar-refractivity contribution in [2.45, 2.75) is 40.2 Å². The zero-order valence-corrected chi connectivity index (χ0v) is 19.5. The number of rotatable bonds is 6. The number of hydrogen-bond acceptors (Lipinski definition) is 6. The van der Waals surface area contributed by atoms with E-state index in [0.717, 1.165) is 0 Å². The second kappa shape index (κ2) is 10.4. The molecule has 0 aliphatic carbocycles. The number of nitrogens with one attached hydrogen (secondary N) is 2. The second-order valence-corrected chi connectivity index (χ2v) is 8.60. The Balaban J connectivity index is 2.46. The van der Waals surface area contributed by atoms with Crippen LogP contribution in [0.3, 0.4) is 0 Å². The highest BCUT2D eigenvalue weighted by Crippen LogP contribution is 2.19. The summed E-state index contributed by atoms with van der Waals surface area (Å²) >= 11 is 11.8. The highest BCUT2D eigenvalue weighted by molar-refractivity contribution is 6.49. The normalized spacial score (nSPS) is 12.4. The molecule has 2 aromatic carbocycles. The lowest BCUT2D eigenvalue weighted by atomic mass is 10.0. The number of hydrogen-bond donors (Lipinski definition) is 2. The molecule has 0 saturated heterocycles. The third-order valence-electron chi connectivity index (χ3n) is 3.99. The van der Waals surface area contributed by atoms with Gasteiger partial charge in [0.25, 0.3) is 0 Å². The lowest BCUT2D eigenvalue weighted by Gasteiger charge is -2.36. The molecular formula is C22H25Cl2N5O2. The van der Waals surface area contributed by atoms with Crippen molar-refractivity contribution in [3.8, 4) is 0 Å². The molecular weight excluding hydrogens is 437 g/mol. The lowest BCUT2D eigenvalue weighted by molar-refractivity contribution is -0.112. The molecule has 31 heavy (non-hydrogen) atoms. The van der Waals surface area contributed by atoms with Gasteiger partial charge in [-0.3, -0.25) is 25.3 Å². The van der Waals surface area contributed by atoms with Crippen molar-refractivity contribution in [2.24, 2.45) is 10.2 Å². The minimum absolute atomic E-state index is 0.0364. The summed E-state index contributed by atoms with van der Waals surface area (Å²) in [5.41, 5.74) is 6.28. The summed E-state index contributed by atoms with van der Waals surface area (Å²) in [4.78, 5) is 26.5. The first-order valence-corrected chi connectivity index (χ1v) is 10.3. The van der Waals surface area contributed by atoms with E-state index in [4.69, 9.17) is 23.2 Å². The van der Waals surface area contributed by atoms with Gasteiger partial charge >= 0.3 is 0 Å². The van der Waals surface area contributed by atoms with Crippen molar-refractivity contribution in [3.63, 3.8) is 0 Å². The SMILES string of the molecule is CC(=O)C(=NNc1ccc(Cl)cc1)N(C(=NNc1ccc(Cl)cc1)C(C)=O)C(C)(C)C. The Labute approximate surface area is 192 Å². The van der Waals surface area contributed by atoms with E-state index >= 15 is 0 Å². The molecule has 0 spiro atoms. The summed E-state index contributed by atoms with van der Waals surface area (Å²) in [6.45, 7) is 8.33. The van der Waals surface area contributed by atoms with Gasteiger partial charge in [-0.15, -0.1) is 0 Å². The average molecular weight is 462 g/mol. The Kier molecular flexibility index (Phi) is 8.19. The van der Waals surface area contributed by atoms with E-state index in [2.05, 4.69) is 21.1 Å². The summed E-state index contributed by atoms with van der Waals surface area (Å²) in [6, 6.07) is 13.7. The molecule has 2 N–H and O–H groups in total. The first-order chi connectivity index (χ1) is 14.5. The van der Waals surface area contributed by atoms with E-state index in [1.807, 2.05) is 20.8 Å². The van der Waals surface area contributed by atoms with Gasteiger partial charge in [-0.1, -0.05) is 23.2 Å². The van der Waals surface area contributed by atoms with Gasteiger partial charge in [0.1, 0.15) is 0 Å². The summed E-state index contributed by atoms with van der Waals surface area (Å²) in [5.74, 6) is -0.600. The number of halogens is 2. The Morgan fingerprint density at radius 2 is 1.06 bits per heavy atom. The molecule has 0 heterocycles. The molecule has 0 bridgehead atoms. The van der Waals surface area contributed by atoms with Gasteiger partial charge in [0.05, 0.1) is 11.4 Å². The summed E-state index contributed by atoms with van der Waals surface area (Å²) in [5, 5.41) is 9.72. The molecule has 0 saturated carbocycles. The van der Waals surface area contributed by atoms with Crippen molar-refractivity contribution in [3.05, 3.63) is 58.6 Å². The zero-order valence-electron chi connectivity index (χ0n) is 18.0. The Morgan fingerprint density at radius 3 is 1.32 bits per heavy atom. The van der Waals surface area contributed by atoms with E-state index in [1.165, 1.54) is 18.7 Å². The number of amidine groups is 2. The Hall–Kier alpha value is -2.90. The Morgan fingerprint density at radius 1 is 0.742 bits per heavy atom. The van der Waals surface area contributed by atoms with Crippen LogP contribution in [0.4, 0.5) is 11.4 Å². The first-order valence-electron chi connectivity index (χ1n) is 9.49. The van der Waals surface area contributed by atoms with Gasteiger partial charge in [-0.2, -0.15) is 10.2 Å². The van der Waals surface area contributed by atoms with Crippen molar-refractivity contribution >= 4 is 57.8 Å². The zero-order chi connectivity index (χ0) is 23.2. The van der Waals surface area contributed by atoms with Crippen LogP contribution in [0.5, 0.6) is 0 Å². The van der Waals surface area contributed by atoms with E-state index in [1.54, 1.807) is 48.5 Å². The van der Waals surface area contributed by atoms with Crippen molar-refractivity contribution in [2.75, 3.05) is 10.9 Å². The van der Waals surface area contributed by atoms with Gasteiger partial charge in [-0.05, 0) is 69.3 Å². The topological polar surface area (TPSA) is 86.2 Å². The second-order valence-electron chi connectivity index (χ2n) is 7.73. The molecule has 7 nitrogen and oxygen atoms in total. The monoisotopic (exact) mass is 461 g/mol. The fourth-order valence-electron chi connectivity index (χ4n) is 2.59. The van der Waals surface area contributed by atoms with Crippen LogP contribution in [0.2, 0.25) is 10.0 Å². The number of nitrogens with zero attached hydrogens (tertiary/aromatic N) is 3. The van der Waals surface area contributed by atoms with Gasteiger partial charge in [0.15, 0.2) is 23.2 Å². The van der Waals surface area contributed by atoms with E-state index < -0.39 is 5.54 Å². The number of ketones is 2. The van der Waals surface area contributed by atoms with Crippen LogP contribution in [-0.4, -0.2) is 33.7 Å². The van der Waals surface area contributed by atoms with Crippen molar-refractivity contribution in [1.29, 1.82) is 0 Å². The number of Topliss-reactive ketones (excluding diaryl/α,β-unsaturated/α-hetero) is 2. The lowest BCUT2D eigenvalue weighted by Crippen LogP contribution is -2.54. The van der Waals surface area contributed by atoms with Crippen molar-refractivity contribution in [1.82, 2.24) is 4.90 Å². The molecule has 0 unspecified atom stereocenters. The summed E-state index contributed by atoms with van der Waals surface area (Å²) < 4.78 is 0. The van der Waals surface area contributed by atoms with E-state index in [-0.39, 0.29) is 23.2 Å². The molecule has 0 aliphatic heterocycles. The maximum Gasteiger partial charge on any atom is 0.198 e. The van der Waals surface area contributed by atoms with Crippen molar-refractivity contribution < 1.29 is 9.59 Å². The standard InChI is InChI=1S/C22H25Cl2N5O2/c1-14(30)20(27-25-18-10-6-16(23)7-11-18)29(22(3,4)5)21(15(2)31)28-26-19-12-8-17(24)9-13-19/h6-13,25-26H,1-5H3. The molecule has 2 rings (SSSR count). The van der Waals surface area contributed by atoms with E-state index in [9.17, 15) is 9.59 Å². The largest absolute Gasteiger partial charge is 0.297 e. The van der Waals surface area contributed by atoms with Crippen LogP contribution in [0, 0.1) is 0 Å². The summed E-state index contributed by atoms with van der Waals surface area (Å²) in [7, 11) is 0. The molecule has 9 heteroatoms. The summed E-state index contributed by atoms with van der Waals surface area (Å²) in [6.07, 6.45) is 0. The molecule has 164 valence electrons. The van der Waals surface area contributed by atoms with E-state index in [0.29, 0.717) is 21.4 Å². The van der Waals surface area contributed by atoms with Gasteiger partial charge in [-0.25, -0.2) is 0 Å². The smallest absolute Gasteiger partial charge is 0.198 e.